The van der Waals surface area contributed by atoms with Crippen molar-refractivity contribution in [2.24, 2.45) is 0 Å². The number of aryl methyl sites for hydroxylation is 2. The van der Waals surface area contributed by atoms with Crippen molar-refractivity contribution in [2.75, 3.05) is 17.7 Å². The van der Waals surface area contributed by atoms with E-state index in [9.17, 15) is 18.0 Å². The number of carbonyl (C=O) groups excluding carboxylic acids is 1. The van der Waals surface area contributed by atoms with Gasteiger partial charge in [0.25, 0.3) is 0 Å². The Labute approximate surface area is 216 Å². The number of imidazole rings is 1. The van der Waals surface area contributed by atoms with Gasteiger partial charge in [0, 0.05) is 18.5 Å². The molecule has 1 amide bonds. The number of nitrogens with one attached hydrogen (secondary N) is 3. The third-order valence-corrected chi connectivity index (χ3v) is 8.18. The van der Waals surface area contributed by atoms with Crippen LogP contribution >= 0.6 is 0 Å². The number of benzene rings is 3. The normalized spacial score (nSPS) is 13.3. The van der Waals surface area contributed by atoms with Gasteiger partial charge in [-0.05, 0) is 50.1 Å². The predicted molar refractivity (Wildman–Crippen MR) is 148 cm³/mol. The summed E-state index contributed by atoms with van der Waals surface area (Å²) in [4.78, 5) is 32.6. The molecule has 0 bridgehead atoms. The van der Waals surface area contributed by atoms with Crippen LogP contribution in [0.1, 0.15) is 35.2 Å². The van der Waals surface area contributed by atoms with Gasteiger partial charge in [0.2, 0.25) is 5.91 Å². The minimum Gasteiger partial charge on any atom is -0.358 e. The minimum absolute atomic E-state index is 0.00700. The Bertz CT molecular complexity index is 1570. The standard InChI is InChI=1S/C28H32N4O4S/c1-18-8-10-22(11-9-18)27(20(3)37(4,35)36)31-26(33)17-32(16-21-7-5-6-19(2)14-21)23-12-13-24-25(15-23)30-28(34)29-24/h5-15,20,27H,16-17H2,1-4H3,(H,31,33)(H2,29,30,34). The van der Waals surface area contributed by atoms with Gasteiger partial charge in [-0.3, -0.25) is 4.79 Å². The average molecular weight is 521 g/mol. The van der Waals surface area contributed by atoms with Gasteiger partial charge in [-0.1, -0.05) is 59.7 Å². The van der Waals surface area contributed by atoms with Crippen molar-refractivity contribution in [1.82, 2.24) is 15.3 Å². The number of amides is 1. The molecule has 0 radical (unpaired) electrons. The molecule has 37 heavy (non-hydrogen) atoms. The average Bonchev–Trinajstić information content (AvgIpc) is 3.21. The van der Waals surface area contributed by atoms with Gasteiger partial charge in [0.05, 0.1) is 28.9 Å². The van der Waals surface area contributed by atoms with E-state index in [1.165, 1.54) is 6.26 Å². The van der Waals surface area contributed by atoms with E-state index >= 15 is 0 Å². The van der Waals surface area contributed by atoms with Crippen molar-refractivity contribution in [1.29, 1.82) is 0 Å². The number of aromatic amines is 2. The lowest BCUT2D eigenvalue weighted by Gasteiger charge is -2.28. The molecule has 0 saturated carbocycles. The molecule has 2 unspecified atom stereocenters. The van der Waals surface area contributed by atoms with Gasteiger partial charge in [-0.2, -0.15) is 0 Å². The number of fused-ring (bicyclic) bond motifs is 1. The van der Waals surface area contributed by atoms with Crippen LogP contribution in [0, 0.1) is 13.8 Å². The summed E-state index contributed by atoms with van der Waals surface area (Å²) in [7, 11) is -3.43. The molecule has 3 aromatic carbocycles. The molecule has 4 rings (SSSR count). The highest BCUT2D eigenvalue weighted by molar-refractivity contribution is 7.91. The van der Waals surface area contributed by atoms with Crippen molar-refractivity contribution >= 4 is 32.5 Å². The van der Waals surface area contributed by atoms with Gasteiger partial charge < -0.3 is 20.2 Å². The molecule has 1 heterocycles. The third-order valence-electron chi connectivity index (χ3n) is 6.55. The number of aromatic nitrogens is 2. The van der Waals surface area contributed by atoms with Crippen LogP contribution < -0.4 is 15.9 Å². The van der Waals surface area contributed by atoms with E-state index < -0.39 is 21.1 Å². The fraction of sp³-hybridized carbons (Fsp3) is 0.286. The number of H-pyrrole nitrogens is 2. The lowest BCUT2D eigenvalue weighted by atomic mass is 10.0. The van der Waals surface area contributed by atoms with Crippen molar-refractivity contribution in [3.63, 3.8) is 0 Å². The maximum Gasteiger partial charge on any atom is 0.323 e. The number of nitrogens with zero attached hydrogens (tertiary/aromatic N) is 1. The fourth-order valence-electron chi connectivity index (χ4n) is 4.37. The summed E-state index contributed by atoms with van der Waals surface area (Å²) in [6.45, 7) is 6.02. The van der Waals surface area contributed by atoms with E-state index in [-0.39, 0.29) is 18.1 Å². The van der Waals surface area contributed by atoms with Crippen LogP contribution in [0.25, 0.3) is 11.0 Å². The SMILES string of the molecule is Cc1ccc(C(NC(=O)CN(Cc2cccc(C)c2)c2ccc3[nH]c(=O)[nH]c3c2)C(C)S(C)(=O)=O)cc1. The van der Waals surface area contributed by atoms with Gasteiger partial charge in [0.1, 0.15) is 0 Å². The second-order valence-corrected chi connectivity index (χ2v) is 12.0. The smallest absolute Gasteiger partial charge is 0.323 e. The Hall–Kier alpha value is -3.85. The van der Waals surface area contributed by atoms with Crippen LogP contribution in [0.15, 0.2) is 71.5 Å². The zero-order valence-corrected chi connectivity index (χ0v) is 22.2. The number of carbonyl (C=O) groups is 1. The Morgan fingerprint density at radius 2 is 1.65 bits per heavy atom. The molecule has 0 spiro atoms. The zero-order chi connectivity index (χ0) is 26.7. The zero-order valence-electron chi connectivity index (χ0n) is 21.4. The minimum atomic E-state index is -3.43. The van der Waals surface area contributed by atoms with Crippen LogP contribution in [0.5, 0.6) is 0 Å². The summed E-state index contributed by atoms with van der Waals surface area (Å²) in [6, 6.07) is 20.3. The molecule has 3 N–H and O–H groups in total. The Kier molecular flexibility index (Phi) is 7.54. The number of sulfone groups is 1. The summed E-state index contributed by atoms with van der Waals surface area (Å²) < 4.78 is 24.9. The first-order valence-electron chi connectivity index (χ1n) is 12.1. The molecule has 0 fully saturated rings. The largest absolute Gasteiger partial charge is 0.358 e. The van der Waals surface area contributed by atoms with Gasteiger partial charge in [-0.25, -0.2) is 13.2 Å². The predicted octanol–water partition coefficient (Wildman–Crippen LogP) is 3.77. The first-order valence-corrected chi connectivity index (χ1v) is 14.0. The van der Waals surface area contributed by atoms with Crippen molar-refractivity contribution < 1.29 is 13.2 Å². The van der Waals surface area contributed by atoms with Crippen molar-refractivity contribution in [3.05, 3.63) is 99.5 Å². The first-order chi connectivity index (χ1) is 17.5. The summed E-state index contributed by atoms with van der Waals surface area (Å²) in [5, 5.41) is 2.16. The molecule has 2 atom stereocenters. The van der Waals surface area contributed by atoms with Crippen LogP contribution in [-0.4, -0.2) is 42.3 Å². The fourth-order valence-corrected chi connectivity index (χ4v) is 5.09. The van der Waals surface area contributed by atoms with E-state index in [0.29, 0.717) is 17.6 Å². The number of hydrogen-bond donors (Lipinski definition) is 3. The Morgan fingerprint density at radius 3 is 2.32 bits per heavy atom. The molecule has 4 aromatic rings. The van der Waals surface area contributed by atoms with Crippen molar-refractivity contribution in [3.8, 4) is 0 Å². The van der Waals surface area contributed by atoms with E-state index in [1.807, 2.05) is 73.3 Å². The Balaban J connectivity index is 1.64. The topological polar surface area (TPSA) is 115 Å². The molecule has 0 aliphatic rings. The van der Waals surface area contributed by atoms with E-state index in [4.69, 9.17) is 0 Å². The van der Waals surface area contributed by atoms with Crippen LogP contribution in [-0.2, 0) is 21.2 Å². The highest BCUT2D eigenvalue weighted by Gasteiger charge is 2.29. The summed E-state index contributed by atoms with van der Waals surface area (Å²) in [5.74, 6) is -0.309. The monoisotopic (exact) mass is 520 g/mol. The number of rotatable bonds is 9. The third kappa shape index (κ3) is 6.48. The second-order valence-electron chi connectivity index (χ2n) is 9.64. The summed E-state index contributed by atoms with van der Waals surface area (Å²) in [5.41, 5.74) is 5.67. The first kappa shape index (κ1) is 26.2. The van der Waals surface area contributed by atoms with Crippen molar-refractivity contribution in [2.45, 2.75) is 38.6 Å². The van der Waals surface area contributed by atoms with Crippen LogP contribution in [0.2, 0.25) is 0 Å². The molecule has 9 heteroatoms. The van der Waals surface area contributed by atoms with Gasteiger partial charge >= 0.3 is 5.69 Å². The highest BCUT2D eigenvalue weighted by Crippen LogP contribution is 2.24. The lowest BCUT2D eigenvalue weighted by molar-refractivity contribution is -0.120. The molecular weight excluding hydrogens is 488 g/mol. The van der Waals surface area contributed by atoms with Gasteiger partial charge in [0.15, 0.2) is 9.84 Å². The summed E-state index contributed by atoms with van der Waals surface area (Å²) >= 11 is 0. The highest BCUT2D eigenvalue weighted by atomic mass is 32.2. The molecular formula is C28H32N4O4S. The second kappa shape index (κ2) is 10.6. The molecule has 0 aliphatic carbocycles. The summed E-state index contributed by atoms with van der Waals surface area (Å²) in [6.07, 6.45) is 1.18. The number of hydrogen-bond acceptors (Lipinski definition) is 5. The van der Waals surface area contributed by atoms with Crippen LogP contribution in [0.3, 0.4) is 0 Å². The molecule has 194 valence electrons. The maximum absolute atomic E-state index is 13.4. The van der Waals surface area contributed by atoms with E-state index in [2.05, 4.69) is 21.4 Å². The lowest BCUT2D eigenvalue weighted by Crippen LogP contribution is -2.43. The van der Waals surface area contributed by atoms with Gasteiger partial charge in [-0.15, -0.1) is 0 Å². The quantitative estimate of drug-likeness (QED) is 0.311. The molecule has 0 saturated heterocycles. The molecule has 1 aromatic heterocycles. The van der Waals surface area contributed by atoms with E-state index in [1.54, 1.807) is 13.0 Å². The molecule has 0 aliphatic heterocycles. The number of anilines is 1. The van der Waals surface area contributed by atoms with E-state index in [0.717, 1.165) is 27.9 Å². The van der Waals surface area contributed by atoms with Crippen LogP contribution in [0.4, 0.5) is 5.69 Å². The maximum atomic E-state index is 13.4. The Morgan fingerprint density at radius 1 is 0.946 bits per heavy atom. The molecule has 8 nitrogen and oxygen atoms in total.